The van der Waals surface area contributed by atoms with Gasteiger partial charge >= 0.3 is 0 Å². The van der Waals surface area contributed by atoms with E-state index >= 15 is 0 Å². The first-order chi connectivity index (χ1) is 8.64. The molecule has 2 aliphatic carbocycles. The van der Waals surface area contributed by atoms with Gasteiger partial charge in [-0.2, -0.15) is 5.26 Å². The second kappa shape index (κ2) is 4.48. The Morgan fingerprint density at radius 2 is 2.06 bits per heavy atom. The summed E-state index contributed by atoms with van der Waals surface area (Å²) >= 11 is 0. The maximum Gasteiger partial charge on any atom is 0.106 e. The van der Waals surface area contributed by atoms with E-state index in [1.807, 2.05) is 0 Å². The van der Waals surface area contributed by atoms with Crippen molar-refractivity contribution in [2.24, 2.45) is 11.3 Å². The molecule has 0 aromatic heterocycles. The summed E-state index contributed by atoms with van der Waals surface area (Å²) in [7, 11) is 0. The lowest BCUT2D eigenvalue weighted by atomic mass is 9.60. The molecule has 1 heterocycles. The second-order valence-electron chi connectivity index (χ2n) is 6.34. The van der Waals surface area contributed by atoms with Crippen molar-refractivity contribution in [3.05, 3.63) is 0 Å². The molecular weight excluding hydrogens is 230 g/mol. The average Bonchev–Trinajstić information content (AvgIpc) is 2.68. The summed E-state index contributed by atoms with van der Waals surface area (Å²) in [6.07, 6.45) is 5.04. The van der Waals surface area contributed by atoms with Crippen molar-refractivity contribution in [1.29, 1.82) is 5.26 Å². The zero-order valence-corrected chi connectivity index (χ0v) is 10.6. The van der Waals surface area contributed by atoms with Crippen LogP contribution in [0.3, 0.4) is 0 Å². The smallest absolute Gasteiger partial charge is 0.106 e. The number of fused-ring (bicyclic) bond motifs is 1. The fraction of sp³-hybridized carbons (Fsp3) is 0.929. The molecule has 1 spiro atoms. The van der Waals surface area contributed by atoms with Gasteiger partial charge < -0.3 is 14.9 Å². The summed E-state index contributed by atoms with van der Waals surface area (Å²) in [5, 5.41) is 28.6. The van der Waals surface area contributed by atoms with Gasteiger partial charge in [0.25, 0.3) is 0 Å². The first kappa shape index (κ1) is 12.4. The minimum atomic E-state index is -0.709. The van der Waals surface area contributed by atoms with Crippen LogP contribution in [-0.4, -0.2) is 34.6 Å². The number of hydrogen-bond donors (Lipinski definition) is 2. The van der Waals surface area contributed by atoms with Gasteiger partial charge in [0.2, 0.25) is 0 Å². The highest BCUT2D eigenvalue weighted by Gasteiger charge is 2.58. The Morgan fingerprint density at radius 3 is 2.83 bits per heavy atom. The molecule has 0 aromatic carbocycles. The molecule has 2 bridgehead atoms. The molecule has 3 aliphatic rings. The number of nitriles is 1. The normalized spacial score (nSPS) is 50.6. The fourth-order valence-corrected chi connectivity index (χ4v) is 4.39. The van der Waals surface area contributed by atoms with Crippen molar-refractivity contribution in [2.45, 2.75) is 69.4 Å². The summed E-state index contributed by atoms with van der Waals surface area (Å²) in [5.74, 6) is 0.589. The Kier molecular flexibility index (Phi) is 3.09. The molecule has 18 heavy (non-hydrogen) atoms. The van der Waals surface area contributed by atoms with Gasteiger partial charge in [0, 0.05) is 11.8 Å². The first-order valence-electron chi connectivity index (χ1n) is 7.03. The molecule has 1 saturated heterocycles. The highest BCUT2D eigenvalue weighted by Crippen LogP contribution is 2.56. The summed E-state index contributed by atoms with van der Waals surface area (Å²) in [6, 6.07) is 2.22. The third-order valence-corrected chi connectivity index (χ3v) is 5.22. The number of ether oxygens (including phenoxy) is 1. The largest absolute Gasteiger partial charge is 0.390 e. The van der Waals surface area contributed by atoms with Crippen molar-refractivity contribution in [2.75, 3.05) is 0 Å². The molecule has 3 rings (SSSR count). The Balaban J connectivity index is 1.74. The van der Waals surface area contributed by atoms with Crippen molar-refractivity contribution < 1.29 is 14.9 Å². The summed E-state index contributed by atoms with van der Waals surface area (Å²) in [4.78, 5) is 0. The predicted molar refractivity (Wildman–Crippen MR) is 64.5 cm³/mol. The fourth-order valence-electron chi connectivity index (χ4n) is 4.39. The van der Waals surface area contributed by atoms with Crippen LogP contribution < -0.4 is 0 Å². The summed E-state index contributed by atoms with van der Waals surface area (Å²) in [5.41, 5.74) is 0.0711. The highest BCUT2D eigenvalue weighted by atomic mass is 16.5. The van der Waals surface area contributed by atoms with Crippen LogP contribution in [0.4, 0.5) is 0 Å². The van der Waals surface area contributed by atoms with E-state index in [1.54, 1.807) is 0 Å². The van der Waals surface area contributed by atoms with E-state index in [4.69, 9.17) is 10.00 Å². The van der Waals surface area contributed by atoms with Gasteiger partial charge in [-0.15, -0.1) is 0 Å². The van der Waals surface area contributed by atoms with Crippen LogP contribution in [0, 0.1) is 22.7 Å². The van der Waals surface area contributed by atoms with Gasteiger partial charge in [0.05, 0.1) is 24.4 Å². The molecule has 100 valence electrons. The molecule has 0 radical (unpaired) electrons. The van der Waals surface area contributed by atoms with Gasteiger partial charge in [-0.3, -0.25) is 0 Å². The standard InChI is InChI=1S/C14H21NO3/c15-5-1-2-9-3-4-12-14(6-9)7-10(16)13(17)11(8-14)18-12/h9-13,16-17H,1-4,6-8H2/t9?,10-,11-,12?,13-,14?/m1/s1. The van der Waals surface area contributed by atoms with Gasteiger partial charge in [-0.25, -0.2) is 0 Å². The molecule has 2 N–H and O–H groups in total. The molecular formula is C14H21NO3. The van der Waals surface area contributed by atoms with Crippen LogP contribution in [0.2, 0.25) is 0 Å². The van der Waals surface area contributed by atoms with Crippen LogP contribution in [0.1, 0.15) is 44.9 Å². The van der Waals surface area contributed by atoms with E-state index in [0.29, 0.717) is 18.8 Å². The predicted octanol–water partition coefficient (Wildman–Crippen LogP) is 1.36. The first-order valence-corrected chi connectivity index (χ1v) is 7.03. The van der Waals surface area contributed by atoms with E-state index in [1.165, 1.54) is 0 Å². The van der Waals surface area contributed by atoms with Crippen molar-refractivity contribution >= 4 is 0 Å². The van der Waals surface area contributed by atoms with Crippen LogP contribution in [0.25, 0.3) is 0 Å². The molecule has 3 unspecified atom stereocenters. The summed E-state index contributed by atoms with van der Waals surface area (Å²) in [6.45, 7) is 0. The number of rotatable bonds is 2. The number of aliphatic hydroxyl groups excluding tert-OH is 2. The quantitative estimate of drug-likeness (QED) is 0.777. The minimum absolute atomic E-state index is 0.0711. The van der Waals surface area contributed by atoms with Gasteiger partial charge in [0.15, 0.2) is 0 Å². The SMILES string of the molecule is N#CCCC1CCC2O[C@@H]3CC2(C1)C[C@@H](O)[C@H]3O. The van der Waals surface area contributed by atoms with Crippen molar-refractivity contribution in [3.8, 4) is 6.07 Å². The van der Waals surface area contributed by atoms with Crippen LogP contribution in [-0.2, 0) is 4.74 Å². The van der Waals surface area contributed by atoms with Crippen LogP contribution in [0.5, 0.6) is 0 Å². The van der Waals surface area contributed by atoms with Gasteiger partial charge in [-0.05, 0) is 44.4 Å². The Bertz CT molecular complexity index is 367. The third kappa shape index (κ3) is 1.85. The maximum absolute atomic E-state index is 9.97. The zero-order valence-electron chi connectivity index (χ0n) is 10.6. The summed E-state index contributed by atoms with van der Waals surface area (Å²) < 4.78 is 5.94. The number of hydrogen-bond acceptors (Lipinski definition) is 4. The van der Waals surface area contributed by atoms with Gasteiger partial charge in [-0.1, -0.05) is 0 Å². The molecule has 4 heteroatoms. The van der Waals surface area contributed by atoms with E-state index in [-0.39, 0.29) is 17.6 Å². The highest BCUT2D eigenvalue weighted by molar-refractivity contribution is 5.07. The topological polar surface area (TPSA) is 73.5 Å². The molecule has 1 aliphatic heterocycles. The molecule has 3 fully saturated rings. The molecule has 4 nitrogen and oxygen atoms in total. The lowest BCUT2D eigenvalue weighted by molar-refractivity contribution is -0.0813. The van der Waals surface area contributed by atoms with Crippen LogP contribution >= 0.6 is 0 Å². The second-order valence-corrected chi connectivity index (χ2v) is 6.34. The monoisotopic (exact) mass is 251 g/mol. The lowest BCUT2D eigenvalue weighted by Crippen LogP contribution is -2.47. The average molecular weight is 251 g/mol. The van der Waals surface area contributed by atoms with E-state index < -0.39 is 12.2 Å². The zero-order chi connectivity index (χ0) is 12.8. The Morgan fingerprint density at radius 1 is 1.22 bits per heavy atom. The van der Waals surface area contributed by atoms with E-state index in [2.05, 4.69) is 6.07 Å². The number of nitrogens with zero attached hydrogens (tertiary/aromatic N) is 1. The molecule has 0 amide bonds. The van der Waals surface area contributed by atoms with Crippen molar-refractivity contribution in [1.82, 2.24) is 0 Å². The van der Waals surface area contributed by atoms with Crippen molar-refractivity contribution in [3.63, 3.8) is 0 Å². The van der Waals surface area contributed by atoms with Crippen LogP contribution in [0.15, 0.2) is 0 Å². The van der Waals surface area contributed by atoms with E-state index in [0.717, 1.165) is 32.1 Å². The van der Waals surface area contributed by atoms with E-state index in [9.17, 15) is 10.2 Å². The minimum Gasteiger partial charge on any atom is -0.390 e. The maximum atomic E-state index is 9.97. The molecule has 2 saturated carbocycles. The Labute approximate surface area is 108 Å². The molecule has 0 aromatic rings. The molecule has 6 atom stereocenters. The Hall–Kier alpha value is -0.630. The number of aliphatic hydroxyl groups is 2. The van der Waals surface area contributed by atoms with Gasteiger partial charge in [0.1, 0.15) is 6.10 Å². The lowest BCUT2D eigenvalue weighted by Gasteiger charge is -2.44. The third-order valence-electron chi connectivity index (χ3n) is 5.22.